The van der Waals surface area contributed by atoms with Gasteiger partial charge in [0.05, 0.1) is 12.1 Å². The predicted octanol–water partition coefficient (Wildman–Crippen LogP) is 7.85. The van der Waals surface area contributed by atoms with E-state index in [1.807, 2.05) is 52.8 Å². The summed E-state index contributed by atoms with van der Waals surface area (Å²) in [5.41, 5.74) is 0.0240. The minimum atomic E-state index is -1.21. The zero-order valence-electron chi connectivity index (χ0n) is 29.4. The standard InChI is InChI=1S/C29H41NO7.C3H8.2C2H6/c1-19-17-23(35-5)14-15-24(31)20(2)26-29(4,18-36-27(33)21(3)25(19)32)37-28(34)30(26)16-10-9-13-22-11-7-6-8-12-22;1-3-2;2*1-2/h6-8,11-12,19-21,23,26H,9-10,13-18H2,1-5H3;3H2,1-2H3;2*1-2H3/t19?,20?,21?,23?,26?,29-;;;/m1.../s1. The fourth-order valence-corrected chi connectivity index (χ4v) is 5.59. The topological polar surface area (TPSA) is 99.2 Å². The van der Waals surface area contributed by atoms with Gasteiger partial charge in [-0.15, -0.1) is 0 Å². The lowest BCUT2D eigenvalue weighted by Gasteiger charge is -2.35. The van der Waals surface area contributed by atoms with Crippen LogP contribution in [-0.2, 0) is 35.0 Å². The first kappa shape index (κ1) is 41.3. The fraction of sp³-hybridized carbons (Fsp3) is 0.722. The number of benzene rings is 1. The van der Waals surface area contributed by atoms with Crippen LogP contribution in [0, 0.1) is 17.8 Å². The Labute approximate surface area is 267 Å². The van der Waals surface area contributed by atoms with Crippen molar-refractivity contribution in [3.05, 3.63) is 35.9 Å². The summed E-state index contributed by atoms with van der Waals surface area (Å²) >= 11 is 0. The van der Waals surface area contributed by atoms with Crippen LogP contribution >= 0.6 is 0 Å². The maximum Gasteiger partial charge on any atom is 0.410 e. The number of aryl methyl sites for hydroxylation is 1. The number of methoxy groups -OCH3 is 1. The van der Waals surface area contributed by atoms with Gasteiger partial charge in [-0.2, -0.15) is 0 Å². The lowest BCUT2D eigenvalue weighted by molar-refractivity contribution is -0.158. The van der Waals surface area contributed by atoms with E-state index < -0.39 is 41.5 Å². The largest absolute Gasteiger partial charge is 0.461 e. The third kappa shape index (κ3) is 12.3. The smallest absolute Gasteiger partial charge is 0.410 e. The first-order valence-corrected chi connectivity index (χ1v) is 16.8. The number of esters is 1. The van der Waals surface area contributed by atoms with E-state index in [9.17, 15) is 19.2 Å². The van der Waals surface area contributed by atoms with Crippen molar-refractivity contribution in [2.75, 3.05) is 20.3 Å². The number of fused-ring (bicyclic) bond motifs is 1. The highest BCUT2D eigenvalue weighted by atomic mass is 16.6. The molecule has 8 nitrogen and oxygen atoms in total. The van der Waals surface area contributed by atoms with E-state index in [0.29, 0.717) is 19.4 Å². The van der Waals surface area contributed by atoms with Crippen LogP contribution < -0.4 is 0 Å². The Kier molecular flexibility index (Phi) is 20.5. The summed E-state index contributed by atoms with van der Waals surface area (Å²) < 4.78 is 16.9. The van der Waals surface area contributed by atoms with Gasteiger partial charge in [-0.1, -0.05) is 92.1 Å². The van der Waals surface area contributed by atoms with Crippen LogP contribution in [0.4, 0.5) is 4.79 Å². The molecule has 0 saturated carbocycles. The molecule has 1 aromatic carbocycles. The number of nitrogens with zero attached hydrogens (tertiary/aromatic N) is 1. The van der Waals surface area contributed by atoms with Gasteiger partial charge in [0, 0.05) is 31.9 Å². The van der Waals surface area contributed by atoms with Crippen LogP contribution in [0.1, 0.15) is 113 Å². The molecule has 2 saturated heterocycles. The molecule has 1 amide bonds. The van der Waals surface area contributed by atoms with Gasteiger partial charge in [0.15, 0.2) is 5.60 Å². The van der Waals surface area contributed by atoms with E-state index in [-0.39, 0.29) is 30.7 Å². The maximum absolute atomic E-state index is 13.3. The van der Waals surface area contributed by atoms with Gasteiger partial charge in [0.1, 0.15) is 24.1 Å². The first-order valence-electron chi connectivity index (χ1n) is 16.8. The summed E-state index contributed by atoms with van der Waals surface area (Å²) in [5.74, 6) is -2.78. The SMILES string of the molecule is CC.CC.CCC.COC1CCC(=O)C(C)C2N(CCCCc3ccccc3)C(=O)O[C@]2(C)COC(=O)C(C)C(=O)C(C)C1. The third-order valence-electron chi connectivity index (χ3n) is 7.88. The van der Waals surface area contributed by atoms with Gasteiger partial charge in [-0.25, -0.2) is 4.79 Å². The molecule has 0 aliphatic carbocycles. The molecule has 2 aliphatic rings. The highest BCUT2D eigenvalue weighted by Gasteiger charge is 2.55. The molecular weight excluding hydrogens is 558 g/mol. The molecule has 5 unspecified atom stereocenters. The summed E-state index contributed by atoms with van der Waals surface area (Å²) in [6, 6.07) is 9.55. The zero-order chi connectivity index (χ0) is 33.9. The number of amides is 1. The van der Waals surface area contributed by atoms with E-state index in [1.54, 1.807) is 32.8 Å². The number of ether oxygens (including phenoxy) is 3. The first-order chi connectivity index (χ1) is 21.0. The quantitative estimate of drug-likeness (QED) is 0.182. The van der Waals surface area contributed by atoms with Gasteiger partial charge in [-0.3, -0.25) is 14.4 Å². The van der Waals surface area contributed by atoms with Gasteiger partial charge < -0.3 is 19.1 Å². The highest BCUT2D eigenvalue weighted by molar-refractivity contribution is 5.99. The minimum absolute atomic E-state index is 0.0124. The predicted molar refractivity (Wildman–Crippen MR) is 177 cm³/mol. The number of rotatable bonds is 6. The lowest BCUT2D eigenvalue weighted by Crippen LogP contribution is -2.53. The maximum atomic E-state index is 13.3. The average molecular weight is 620 g/mol. The third-order valence-corrected chi connectivity index (χ3v) is 7.88. The van der Waals surface area contributed by atoms with Crippen molar-refractivity contribution in [2.45, 2.75) is 132 Å². The fourth-order valence-electron chi connectivity index (χ4n) is 5.59. The van der Waals surface area contributed by atoms with Gasteiger partial charge >= 0.3 is 12.1 Å². The summed E-state index contributed by atoms with van der Waals surface area (Å²) in [4.78, 5) is 53.6. The Morgan fingerprint density at radius 3 is 2.11 bits per heavy atom. The van der Waals surface area contributed by atoms with E-state index in [0.717, 1.165) is 19.3 Å². The van der Waals surface area contributed by atoms with Gasteiger partial charge in [-0.05, 0) is 51.5 Å². The highest BCUT2D eigenvalue weighted by Crippen LogP contribution is 2.37. The van der Waals surface area contributed by atoms with Crippen molar-refractivity contribution in [3.63, 3.8) is 0 Å². The Bertz CT molecular complexity index is 982. The molecule has 8 heteroatoms. The van der Waals surface area contributed by atoms with E-state index in [4.69, 9.17) is 14.2 Å². The van der Waals surface area contributed by atoms with Crippen molar-refractivity contribution in [2.24, 2.45) is 17.8 Å². The molecule has 252 valence electrons. The second kappa shape index (κ2) is 21.9. The second-order valence-corrected chi connectivity index (χ2v) is 11.5. The van der Waals surface area contributed by atoms with Crippen LogP contribution in [0.5, 0.6) is 0 Å². The molecular formula is C36H61NO7. The zero-order valence-corrected chi connectivity index (χ0v) is 29.4. The number of hydrogen-bond acceptors (Lipinski definition) is 7. The second-order valence-electron chi connectivity index (χ2n) is 11.5. The average Bonchev–Trinajstić information content (AvgIpc) is 3.29. The van der Waals surface area contributed by atoms with Crippen molar-refractivity contribution >= 4 is 23.6 Å². The Balaban J connectivity index is 0.00000244. The Hall–Kier alpha value is -2.74. The van der Waals surface area contributed by atoms with Crippen molar-refractivity contribution < 1.29 is 33.4 Å². The normalized spacial score (nSPS) is 27.5. The van der Waals surface area contributed by atoms with Crippen LogP contribution in [-0.4, -0.2) is 66.5 Å². The Morgan fingerprint density at radius 2 is 1.55 bits per heavy atom. The molecule has 0 N–H and O–H groups in total. The van der Waals surface area contributed by atoms with Crippen LogP contribution in [0.25, 0.3) is 0 Å². The molecule has 2 heterocycles. The summed E-state index contributed by atoms with van der Waals surface area (Å²) in [6.07, 6.45) is 4.10. The van der Waals surface area contributed by atoms with Crippen LogP contribution in [0.3, 0.4) is 0 Å². The van der Waals surface area contributed by atoms with Gasteiger partial charge in [0.2, 0.25) is 0 Å². The van der Waals surface area contributed by atoms with E-state index in [2.05, 4.69) is 26.0 Å². The molecule has 2 aliphatic heterocycles. The van der Waals surface area contributed by atoms with Crippen molar-refractivity contribution in [3.8, 4) is 0 Å². The number of unbranched alkanes of at least 4 members (excludes halogenated alkanes) is 1. The lowest BCUT2D eigenvalue weighted by atomic mass is 9.82. The van der Waals surface area contributed by atoms with Crippen molar-refractivity contribution in [1.82, 2.24) is 4.90 Å². The molecule has 0 bridgehead atoms. The van der Waals surface area contributed by atoms with E-state index in [1.165, 1.54) is 12.0 Å². The van der Waals surface area contributed by atoms with Crippen LogP contribution in [0.15, 0.2) is 30.3 Å². The minimum Gasteiger partial charge on any atom is -0.461 e. The molecule has 1 aromatic rings. The number of carbonyl (C=O) groups excluding carboxylic acids is 4. The van der Waals surface area contributed by atoms with Gasteiger partial charge in [0.25, 0.3) is 0 Å². The number of Topliss-reactive ketones (excluding diaryl/α,β-unsaturated/α-hetero) is 2. The summed E-state index contributed by atoms with van der Waals surface area (Å²) in [7, 11) is 1.56. The molecule has 0 aromatic heterocycles. The summed E-state index contributed by atoms with van der Waals surface area (Å²) in [5, 5.41) is 0. The Morgan fingerprint density at radius 1 is 0.955 bits per heavy atom. The number of ketones is 2. The number of hydrogen-bond donors (Lipinski definition) is 0. The number of carbonyl (C=O) groups is 4. The molecule has 0 radical (unpaired) electrons. The van der Waals surface area contributed by atoms with Crippen molar-refractivity contribution in [1.29, 1.82) is 0 Å². The molecule has 0 spiro atoms. The molecule has 2 fully saturated rings. The molecule has 6 atom stereocenters. The molecule has 3 rings (SSSR count). The monoisotopic (exact) mass is 619 g/mol. The number of cyclic esters (lactones) is 1. The van der Waals surface area contributed by atoms with Crippen LogP contribution in [0.2, 0.25) is 0 Å². The summed E-state index contributed by atoms with van der Waals surface area (Å²) in [6.45, 7) is 19.3. The van der Waals surface area contributed by atoms with E-state index >= 15 is 0 Å². The molecule has 44 heavy (non-hydrogen) atoms.